The molecule has 3 rings (SSSR count). The van der Waals surface area contributed by atoms with Gasteiger partial charge in [-0.2, -0.15) is 9.40 Å². The minimum Gasteiger partial charge on any atom is -0.337 e. The maximum Gasteiger partial charge on any atom is 0.256 e. The summed E-state index contributed by atoms with van der Waals surface area (Å²) in [4.78, 5) is 14.0. The molecule has 0 N–H and O–H groups in total. The molecule has 1 aromatic carbocycles. The third-order valence-electron chi connectivity index (χ3n) is 4.22. The van der Waals surface area contributed by atoms with Gasteiger partial charge in [0.15, 0.2) is 0 Å². The molecule has 1 fully saturated rings. The van der Waals surface area contributed by atoms with Crippen molar-refractivity contribution < 1.29 is 22.0 Å². The number of amides is 1. The molecule has 7 nitrogen and oxygen atoms in total. The third-order valence-corrected chi connectivity index (χ3v) is 6.07. The molecule has 1 aliphatic heterocycles. The number of aromatic nitrogens is 2. The van der Waals surface area contributed by atoms with E-state index in [1.165, 1.54) is 26.3 Å². The average Bonchev–Trinajstić information content (AvgIpc) is 2.88. The quantitative estimate of drug-likeness (QED) is 0.798. The molecule has 1 saturated heterocycles. The highest BCUT2D eigenvalue weighted by molar-refractivity contribution is 7.89. The zero-order chi connectivity index (χ0) is 18.9. The van der Waals surface area contributed by atoms with Gasteiger partial charge in [0.1, 0.15) is 16.5 Å². The summed E-state index contributed by atoms with van der Waals surface area (Å²) in [6, 6.07) is 2.78. The fourth-order valence-corrected chi connectivity index (χ4v) is 4.31. The number of sulfonamides is 1. The molecule has 10 heteroatoms. The minimum absolute atomic E-state index is 0.0874. The van der Waals surface area contributed by atoms with E-state index in [4.69, 9.17) is 0 Å². The average molecular weight is 384 g/mol. The molecule has 0 unspecified atom stereocenters. The molecule has 2 heterocycles. The van der Waals surface area contributed by atoms with Crippen molar-refractivity contribution in [1.29, 1.82) is 0 Å². The lowest BCUT2D eigenvalue weighted by atomic mass is 10.1. The number of nitrogens with zero attached hydrogens (tertiary/aromatic N) is 4. The normalized spacial score (nSPS) is 16.5. The Balaban J connectivity index is 1.75. The Kier molecular flexibility index (Phi) is 5.05. The summed E-state index contributed by atoms with van der Waals surface area (Å²) in [7, 11) is -2.08. The van der Waals surface area contributed by atoms with E-state index in [9.17, 15) is 22.0 Å². The first-order valence-corrected chi connectivity index (χ1v) is 9.46. The number of hydrogen-bond acceptors (Lipinski definition) is 4. The molecule has 0 saturated carbocycles. The minimum atomic E-state index is -3.70. The van der Waals surface area contributed by atoms with E-state index in [1.807, 2.05) is 0 Å². The zero-order valence-electron chi connectivity index (χ0n) is 14.1. The summed E-state index contributed by atoms with van der Waals surface area (Å²) in [5.74, 6) is -2.27. The molecule has 26 heavy (non-hydrogen) atoms. The molecule has 2 aromatic rings. The maximum absolute atomic E-state index is 13.8. The highest BCUT2D eigenvalue weighted by Gasteiger charge is 2.30. The summed E-state index contributed by atoms with van der Waals surface area (Å²) in [6.07, 6.45) is 3.10. The Bertz CT molecular complexity index is 929. The van der Waals surface area contributed by atoms with Crippen molar-refractivity contribution in [2.45, 2.75) is 11.3 Å². The molecule has 0 bridgehead atoms. The predicted octanol–water partition coefficient (Wildman–Crippen LogP) is 1.24. The molecular formula is C16H18F2N4O3S. The first-order chi connectivity index (χ1) is 12.3. The number of rotatable bonds is 3. The molecule has 140 valence electrons. The van der Waals surface area contributed by atoms with Crippen LogP contribution in [0.5, 0.6) is 0 Å². The van der Waals surface area contributed by atoms with Gasteiger partial charge in [-0.25, -0.2) is 17.2 Å². The van der Waals surface area contributed by atoms with Crippen molar-refractivity contribution in [3.63, 3.8) is 0 Å². The van der Waals surface area contributed by atoms with E-state index < -0.39 is 27.6 Å². The van der Waals surface area contributed by atoms with Gasteiger partial charge >= 0.3 is 0 Å². The second-order valence-electron chi connectivity index (χ2n) is 6.02. The largest absolute Gasteiger partial charge is 0.337 e. The summed E-state index contributed by atoms with van der Waals surface area (Å²) in [5, 5.41) is 3.87. The van der Waals surface area contributed by atoms with Crippen LogP contribution in [0.3, 0.4) is 0 Å². The number of benzene rings is 1. The zero-order valence-corrected chi connectivity index (χ0v) is 14.9. The van der Waals surface area contributed by atoms with E-state index in [0.717, 1.165) is 12.1 Å². The van der Waals surface area contributed by atoms with Gasteiger partial charge in [-0.05, 0) is 18.6 Å². The Hall–Kier alpha value is -2.33. The van der Waals surface area contributed by atoms with Gasteiger partial charge < -0.3 is 4.90 Å². The molecule has 1 amide bonds. The number of carbonyl (C=O) groups is 1. The fraction of sp³-hybridized carbons (Fsp3) is 0.375. The van der Waals surface area contributed by atoms with Crippen LogP contribution in [0, 0.1) is 11.6 Å². The lowest BCUT2D eigenvalue weighted by Gasteiger charge is -2.21. The van der Waals surface area contributed by atoms with Gasteiger partial charge in [-0.3, -0.25) is 9.48 Å². The topological polar surface area (TPSA) is 75.5 Å². The molecule has 0 atom stereocenters. The van der Waals surface area contributed by atoms with E-state index in [1.54, 1.807) is 7.05 Å². The van der Waals surface area contributed by atoms with Crippen LogP contribution < -0.4 is 0 Å². The van der Waals surface area contributed by atoms with Crippen LogP contribution in [0.4, 0.5) is 8.78 Å². The smallest absolute Gasteiger partial charge is 0.256 e. The lowest BCUT2D eigenvalue weighted by Crippen LogP contribution is -2.37. The number of halogens is 2. The van der Waals surface area contributed by atoms with Crippen molar-refractivity contribution in [2.75, 3.05) is 26.2 Å². The van der Waals surface area contributed by atoms with Crippen LogP contribution in [0.2, 0.25) is 0 Å². The van der Waals surface area contributed by atoms with Gasteiger partial charge in [0.2, 0.25) is 10.0 Å². The molecular weight excluding hydrogens is 366 g/mol. The van der Waals surface area contributed by atoms with Crippen LogP contribution >= 0.6 is 0 Å². The highest BCUT2D eigenvalue weighted by atomic mass is 32.2. The van der Waals surface area contributed by atoms with Crippen LogP contribution in [0.1, 0.15) is 16.8 Å². The summed E-state index contributed by atoms with van der Waals surface area (Å²) >= 11 is 0. The Morgan fingerprint density at radius 2 is 1.92 bits per heavy atom. The number of hydrogen-bond donors (Lipinski definition) is 0. The molecule has 0 spiro atoms. The van der Waals surface area contributed by atoms with Crippen LogP contribution in [-0.2, 0) is 17.1 Å². The summed E-state index contributed by atoms with van der Waals surface area (Å²) < 4.78 is 54.9. The summed E-state index contributed by atoms with van der Waals surface area (Å²) in [5.41, 5.74) is -0.227. The monoisotopic (exact) mass is 384 g/mol. The molecule has 1 aliphatic rings. The Labute approximate surface area is 149 Å². The van der Waals surface area contributed by atoms with Gasteiger partial charge in [0.05, 0.1) is 11.8 Å². The highest BCUT2D eigenvalue weighted by Crippen LogP contribution is 2.19. The first kappa shape index (κ1) is 18.5. The number of carbonyl (C=O) groups excluding carboxylic acids is 1. The second kappa shape index (κ2) is 7.12. The molecule has 1 aromatic heterocycles. The van der Waals surface area contributed by atoms with Crippen molar-refractivity contribution in [3.05, 3.63) is 47.8 Å². The lowest BCUT2D eigenvalue weighted by molar-refractivity contribution is 0.0759. The van der Waals surface area contributed by atoms with E-state index in [0.29, 0.717) is 12.5 Å². The van der Waals surface area contributed by atoms with E-state index >= 15 is 0 Å². The van der Waals surface area contributed by atoms with Crippen LogP contribution in [0.25, 0.3) is 0 Å². The molecule has 0 radical (unpaired) electrons. The van der Waals surface area contributed by atoms with Gasteiger partial charge in [-0.15, -0.1) is 0 Å². The number of aryl methyl sites for hydroxylation is 1. The van der Waals surface area contributed by atoms with Crippen molar-refractivity contribution in [3.8, 4) is 0 Å². The van der Waals surface area contributed by atoms with Gasteiger partial charge in [-0.1, -0.05) is 0 Å². The fourth-order valence-electron chi connectivity index (χ4n) is 2.85. The first-order valence-electron chi connectivity index (χ1n) is 8.02. The Morgan fingerprint density at radius 3 is 2.58 bits per heavy atom. The summed E-state index contributed by atoms with van der Waals surface area (Å²) in [6.45, 7) is 0.739. The van der Waals surface area contributed by atoms with Crippen LogP contribution in [-0.4, -0.2) is 59.5 Å². The molecule has 0 aliphatic carbocycles. The van der Waals surface area contributed by atoms with Crippen molar-refractivity contribution in [1.82, 2.24) is 19.0 Å². The maximum atomic E-state index is 13.8. The third kappa shape index (κ3) is 3.61. The predicted molar refractivity (Wildman–Crippen MR) is 88.8 cm³/mol. The SMILES string of the molecule is Cn1cc(S(=O)(=O)N2CCCN(C(=O)c3ccc(F)cc3F)CC2)cn1. The van der Waals surface area contributed by atoms with Crippen molar-refractivity contribution in [2.24, 2.45) is 7.05 Å². The van der Waals surface area contributed by atoms with E-state index in [2.05, 4.69) is 5.10 Å². The standard InChI is InChI=1S/C16H18F2N4O3S/c1-20-11-13(10-19-20)26(24,25)22-6-2-5-21(7-8-22)16(23)14-4-3-12(17)9-15(14)18/h3-4,9-11H,2,5-8H2,1H3. The van der Waals surface area contributed by atoms with E-state index in [-0.39, 0.29) is 36.6 Å². The second-order valence-corrected chi connectivity index (χ2v) is 7.96. The van der Waals surface area contributed by atoms with Gasteiger partial charge in [0.25, 0.3) is 5.91 Å². The Morgan fingerprint density at radius 1 is 1.15 bits per heavy atom. The van der Waals surface area contributed by atoms with Gasteiger partial charge in [0, 0.05) is 45.5 Å². The van der Waals surface area contributed by atoms with Crippen molar-refractivity contribution >= 4 is 15.9 Å². The van der Waals surface area contributed by atoms with Crippen LogP contribution in [0.15, 0.2) is 35.5 Å².